The molecule has 0 aliphatic carbocycles. The number of benzene rings is 2. The van der Waals surface area contributed by atoms with Crippen molar-refractivity contribution in [1.82, 2.24) is 0 Å². The topological polar surface area (TPSA) is 23.8 Å². The Morgan fingerprint density at radius 3 is 2.50 bits per heavy atom. The van der Waals surface area contributed by atoms with Crippen molar-refractivity contribution in [1.29, 1.82) is 5.26 Å². The van der Waals surface area contributed by atoms with E-state index in [-0.39, 0.29) is 4.90 Å². The van der Waals surface area contributed by atoms with Gasteiger partial charge in [0.1, 0.15) is 11.6 Å². The first kappa shape index (κ1) is 12.9. The highest BCUT2D eigenvalue weighted by Crippen LogP contribution is 2.35. The highest BCUT2D eigenvalue weighted by molar-refractivity contribution is 7.99. The molecule has 0 fully saturated rings. The Kier molecular flexibility index (Phi) is 3.85. The summed E-state index contributed by atoms with van der Waals surface area (Å²) in [5.74, 6) is -1.02. The van der Waals surface area contributed by atoms with Gasteiger partial charge < -0.3 is 0 Å². The quantitative estimate of drug-likeness (QED) is 0.800. The van der Waals surface area contributed by atoms with Crippen LogP contribution in [0.1, 0.15) is 5.56 Å². The van der Waals surface area contributed by atoms with E-state index in [0.717, 1.165) is 30.0 Å². The Balaban J connectivity index is 2.34. The fourth-order valence-electron chi connectivity index (χ4n) is 1.33. The average molecular weight is 282 g/mol. The Morgan fingerprint density at radius 2 is 1.83 bits per heavy atom. The molecule has 1 nitrogen and oxygen atoms in total. The smallest absolute Gasteiger partial charge is 0.137 e. The first-order chi connectivity index (χ1) is 8.60. The molecule has 0 aliphatic rings. The highest BCUT2D eigenvalue weighted by Gasteiger charge is 2.09. The van der Waals surface area contributed by atoms with Crippen molar-refractivity contribution in [2.75, 3.05) is 0 Å². The maximum Gasteiger partial charge on any atom is 0.137 e. The first-order valence-corrected chi connectivity index (χ1v) is 6.12. The zero-order valence-electron chi connectivity index (χ0n) is 8.95. The van der Waals surface area contributed by atoms with Crippen LogP contribution in [-0.4, -0.2) is 0 Å². The van der Waals surface area contributed by atoms with Crippen molar-refractivity contribution in [2.24, 2.45) is 0 Å². The summed E-state index contributed by atoms with van der Waals surface area (Å²) in [5, 5.41) is 9.03. The van der Waals surface area contributed by atoms with Gasteiger partial charge in [-0.05, 0) is 36.4 Å². The normalized spacial score (nSPS) is 10.1. The second-order valence-electron chi connectivity index (χ2n) is 3.43. The van der Waals surface area contributed by atoms with Crippen LogP contribution in [0, 0.1) is 23.0 Å². The summed E-state index contributed by atoms with van der Waals surface area (Å²) in [6, 6.07) is 9.85. The lowest BCUT2D eigenvalue weighted by Gasteiger charge is -2.05. The van der Waals surface area contributed by atoms with Gasteiger partial charge in [-0.3, -0.25) is 0 Å². The van der Waals surface area contributed by atoms with Gasteiger partial charge in [-0.15, -0.1) is 0 Å². The van der Waals surface area contributed by atoms with Gasteiger partial charge in [0, 0.05) is 4.90 Å². The molecule has 2 rings (SSSR count). The van der Waals surface area contributed by atoms with Gasteiger partial charge in [-0.25, -0.2) is 8.78 Å². The van der Waals surface area contributed by atoms with Crippen molar-refractivity contribution >= 4 is 23.4 Å². The van der Waals surface area contributed by atoms with Gasteiger partial charge in [-0.2, -0.15) is 5.26 Å². The maximum atomic E-state index is 13.4. The standard InChI is InChI=1S/C13H6ClF2NS/c14-10-5-8(7-17)1-4-12(10)18-13-6-9(15)2-3-11(13)16/h1-6H. The Hall–Kier alpha value is -1.57. The Morgan fingerprint density at radius 1 is 1.06 bits per heavy atom. The Labute approximate surface area is 112 Å². The molecule has 0 unspecified atom stereocenters. The SMILES string of the molecule is N#Cc1ccc(Sc2cc(F)ccc2F)c(Cl)c1. The van der Waals surface area contributed by atoms with E-state index in [0.29, 0.717) is 15.5 Å². The Bertz CT molecular complexity index is 637. The summed E-state index contributed by atoms with van der Waals surface area (Å²) in [5.41, 5.74) is 0.420. The molecule has 90 valence electrons. The molecule has 0 aromatic heterocycles. The summed E-state index contributed by atoms with van der Waals surface area (Å²) in [6.45, 7) is 0. The molecule has 0 amide bonds. The van der Waals surface area contributed by atoms with Crippen LogP contribution in [0.5, 0.6) is 0 Å². The predicted molar refractivity (Wildman–Crippen MR) is 66.6 cm³/mol. The van der Waals surface area contributed by atoms with E-state index in [4.69, 9.17) is 16.9 Å². The molecular weight excluding hydrogens is 276 g/mol. The van der Waals surface area contributed by atoms with Crippen LogP contribution in [0.4, 0.5) is 8.78 Å². The van der Waals surface area contributed by atoms with Crippen molar-refractivity contribution in [3.8, 4) is 6.07 Å². The van der Waals surface area contributed by atoms with E-state index in [1.807, 2.05) is 6.07 Å². The minimum absolute atomic E-state index is 0.154. The van der Waals surface area contributed by atoms with Crippen LogP contribution in [0.2, 0.25) is 5.02 Å². The molecule has 2 aromatic rings. The fourth-order valence-corrected chi connectivity index (χ4v) is 2.49. The summed E-state index contributed by atoms with van der Waals surface area (Å²) < 4.78 is 26.5. The zero-order chi connectivity index (χ0) is 13.1. The van der Waals surface area contributed by atoms with Crippen LogP contribution in [0.3, 0.4) is 0 Å². The van der Waals surface area contributed by atoms with Gasteiger partial charge in [-0.1, -0.05) is 23.4 Å². The molecule has 0 atom stereocenters. The molecule has 2 aromatic carbocycles. The lowest BCUT2D eigenvalue weighted by molar-refractivity contribution is 0.577. The predicted octanol–water partition coefficient (Wildman–Crippen LogP) is 4.64. The third-order valence-corrected chi connectivity index (χ3v) is 3.71. The summed E-state index contributed by atoms with van der Waals surface area (Å²) in [6.07, 6.45) is 0. The maximum absolute atomic E-state index is 13.4. The molecule has 5 heteroatoms. The number of halogens is 3. The largest absolute Gasteiger partial charge is 0.207 e. The van der Waals surface area contributed by atoms with Gasteiger partial charge in [0.25, 0.3) is 0 Å². The number of hydrogen-bond acceptors (Lipinski definition) is 2. The number of rotatable bonds is 2. The summed E-state index contributed by atoms with van der Waals surface area (Å²) >= 11 is 6.98. The molecule has 0 N–H and O–H groups in total. The van der Waals surface area contributed by atoms with Crippen molar-refractivity contribution in [3.05, 3.63) is 58.6 Å². The van der Waals surface area contributed by atoms with Crippen molar-refractivity contribution in [3.63, 3.8) is 0 Å². The molecule has 0 saturated carbocycles. The zero-order valence-corrected chi connectivity index (χ0v) is 10.5. The summed E-state index contributed by atoms with van der Waals surface area (Å²) in [4.78, 5) is 0.724. The molecular formula is C13H6ClF2NS. The summed E-state index contributed by atoms with van der Waals surface area (Å²) in [7, 11) is 0. The minimum Gasteiger partial charge on any atom is -0.207 e. The van der Waals surface area contributed by atoms with Crippen LogP contribution < -0.4 is 0 Å². The van der Waals surface area contributed by atoms with Gasteiger partial charge >= 0.3 is 0 Å². The highest BCUT2D eigenvalue weighted by atomic mass is 35.5. The van der Waals surface area contributed by atoms with E-state index in [1.54, 1.807) is 12.1 Å². The van der Waals surface area contributed by atoms with Crippen LogP contribution >= 0.6 is 23.4 Å². The average Bonchev–Trinajstić information content (AvgIpc) is 2.36. The second-order valence-corrected chi connectivity index (χ2v) is 4.92. The number of nitriles is 1. The van der Waals surface area contributed by atoms with Gasteiger partial charge in [0.05, 0.1) is 21.6 Å². The third-order valence-electron chi connectivity index (χ3n) is 2.17. The lowest BCUT2D eigenvalue weighted by atomic mass is 10.2. The van der Waals surface area contributed by atoms with Gasteiger partial charge in [0.2, 0.25) is 0 Å². The molecule has 0 saturated heterocycles. The molecule has 0 spiro atoms. The van der Waals surface area contributed by atoms with Gasteiger partial charge in [0.15, 0.2) is 0 Å². The lowest BCUT2D eigenvalue weighted by Crippen LogP contribution is -1.85. The van der Waals surface area contributed by atoms with E-state index < -0.39 is 11.6 Å². The van der Waals surface area contributed by atoms with Crippen molar-refractivity contribution in [2.45, 2.75) is 9.79 Å². The molecule has 0 radical (unpaired) electrons. The van der Waals surface area contributed by atoms with Crippen molar-refractivity contribution < 1.29 is 8.78 Å². The minimum atomic E-state index is -0.512. The molecule has 0 heterocycles. The van der Waals surface area contributed by atoms with Crippen LogP contribution in [0.25, 0.3) is 0 Å². The second kappa shape index (κ2) is 5.38. The molecule has 0 aliphatic heterocycles. The fraction of sp³-hybridized carbons (Fsp3) is 0. The van der Waals surface area contributed by atoms with E-state index in [2.05, 4.69) is 0 Å². The van der Waals surface area contributed by atoms with E-state index >= 15 is 0 Å². The van der Waals surface area contributed by atoms with Crippen LogP contribution in [0.15, 0.2) is 46.2 Å². The number of hydrogen-bond donors (Lipinski definition) is 0. The number of nitrogens with zero attached hydrogens (tertiary/aromatic N) is 1. The van der Waals surface area contributed by atoms with Crippen LogP contribution in [-0.2, 0) is 0 Å². The van der Waals surface area contributed by atoms with E-state index in [9.17, 15) is 8.78 Å². The third kappa shape index (κ3) is 2.81. The first-order valence-electron chi connectivity index (χ1n) is 4.92. The van der Waals surface area contributed by atoms with E-state index in [1.165, 1.54) is 6.07 Å². The molecule has 18 heavy (non-hydrogen) atoms. The monoisotopic (exact) mass is 281 g/mol. The molecule has 0 bridgehead atoms.